The summed E-state index contributed by atoms with van der Waals surface area (Å²) in [5.74, 6) is -1.92. The highest BCUT2D eigenvalue weighted by molar-refractivity contribution is 5.90. The van der Waals surface area contributed by atoms with Crippen LogP contribution in [0.3, 0.4) is 0 Å². The lowest BCUT2D eigenvalue weighted by Crippen LogP contribution is -2.45. The number of esters is 2. The highest BCUT2D eigenvalue weighted by Crippen LogP contribution is 2.36. The van der Waals surface area contributed by atoms with E-state index in [4.69, 9.17) is 18.9 Å². The van der Waals surface area contributed by atoms with Crippen LogP contribution in [0.1, 0.15) is 47.4 Å². The van der Waals surface area contributed by atoms with E-state index in [9.17, 15) is 9.59 Å². The highest BCUT2D eigenvalue weighted by atomic mass is 16.8. The molecular weight excluding hydrogens is 420 g/mol. The molecule has 1 saturated heterocycles. The van der Waals surface area contributed by atoms with Gasteiger partial charge in [-0.2, -0.15) is 0 Å². The third-order valence-electron chi connectivity index (χ3n) is 5.23. The van der Waals surface area contributed by atoms with Crippen molar-refractivity contribution in [3.8, 4) is 0 Å². The summed E-state index contributed by atoms with van der Waals surface area (Å²) in [6, 6.07) is 17.5. The van der Waals surface area contributed by atoms with Gasteiger partial charge in [0, 0.05) is 12.8 Å². The molecule has 0 spiro atoms. The Morgan fingerprint density at radius 2 is 1.18 bits per heavy atom. The molecule has 1 aliphatic heterocycles. The van der Waals surface area contributed by atoms with Crippen LogP contribution in [0.5, 0.6) is 0 Å². The first-order valence-corrected chi connectivity index (χ1v) is 10.9. The summed E-state index contributed by atoms with van der Waals surface area (Å²) in [4.78, 5) is 25.5. The molecular formula is C27H30O6. The average molecular weight is 451 g/mol. The van der Waals surface area contributed by atoms with Gasteiger partial charge in [-0.3, -0.25) is 0 Å². The Balaban J connectivity index is 1.84. The van der Waals surface area contributed by atoms with Crippen LogP contribution in [0.2, 0.25) is 0 Å². The van der Waals surface area contributed by atoms with Crippen LogP contribution in [0.25, 0.3) is 0 Å². The van der Waals surface area contributed by atoms with Gasteiger partial charge in [0.05, 0.1) is 11.1 Å². The molecule has 0 aliphatic carbocycles. The molecule has 0 unspecified atom stereocenters. The fourth-order valence-electron chi connectivity index (χ4n) is 3.78. The maximum Gasteiger partial charge on any atom is 0.338 e. The average Bonchev–Trinajstić information content (AvgIpc) is 3.14. The second-order valence-electron chi connectivity index (χ2n) is 8.23. The number of benzene rings is 2. The van der Waals surface area contributed by atoms with E-state index in [2.05, 4.69) is 13.2 Å². The Labute approximate surface area is 194 Å². The first-order chi connectivity index (χ1) is 15.8. The maximum atomic E-state index is 12.8. The number of rotatable bonds is 10. The summed E-state index contributed by atoms with van der Waals surface area (Å²) in [6.07, 6.45) is 1.26. The van der Waals surface area contributed by atoms with Crippen molar-refractivity contribution in [3.63, 3.8) is 0 Å². The molecule has 0 amide bonds. The molecule has 6 heteroatoms. The Hall–Kier alpha value is -3.22. The Morgan fingerprint density at radius 3 is 1.52 bits per heavy atom. The molecule has 0 aromatic heterocycles. The van der Waals surface area contributed by atoms with Gasteiger partial charge < -0.3 is 18.9 Å². The van der Waals surface area contributed by atoms with Gasteiger partial charge in [-0.05, 0) is 38.1 Å². The van der Waals surface area contributed by atoms with Crippen molar-refractivity contribution in [3.05, 3.63) is 97.1 Å². The van der Waals surface area contributed by atoms with Crippen molar-refractivity contribution < 1.29 is 28.5 Å². The lowest BCUT2D eigenvalue weighted by atomic mass is 9.98. The van der Waals surface area contributed by atoms with Gasteiger partial charge in [0.25, 0.3) is 0 Å². The summed E-state index contributed by atoms with van der Waals surface area (Å²) >= 11 is 0. The summed E-state index contributed by atoms with van der Waals surface area (Å²) in [5.41, 5.74) is 0.860. The van der Waals surface area contributed by atoms with E-state index in [1.165, 1.54) is 0 Å². The van der Waals surface area contributed by atoms with E-state index >= 15 is 0 Å². The molecule has 1 fully saturated rings. The van der Waals surface area contributed by atoms with Gasteiger partial charge in [0.1, 0.15) is 24.4 Å². The van der Waals surface area contributed by atoms with Crippen molar-refractivity contribution in [1.29, 1.82) is 0 Å². The number of ether oxygens (including phenoxy) is 4. The van der Waals surface area contributed by atoms with Crippen LogP contribution >= 0.6 is 0 Å². The Morgan fingerprint density at radius 1 is 0.818 bits per heavy atom. The van der Waals surface area contributed by atoms with Crippen molar-refractivity contribution in [2.75, 3.05) is 0 Å². The van der Waals surface area contributed by atoms with Gasteiger partial charge in [-0.15, -0.1) is 13.2 Å². The number of carbonyl (C=O) groups excluding carboxylic acids is 2. The summed E-state index contributed by atoms with van der Waals surface area (Å²) in [5, 5.41) is 0. The lowest BCUT2D eigenvalue weighted by molar-refractivity contribution is -0.160. The fourth-order valence-corrected chi connectivity index (χ4v) is 3.78. The minimum atomic E-state index is -0.966. The van der Waals surface area contributed by atoms with Gasteiger partial charge in [0.2, 0.25) is 0 Å². The molecule has 0 saturated carbocycles. The first kappa shape index (κ1) is 24.4. The molecule has 33 heavy (non-hydrogen) atoms. The van der Waals surface area contributed by atoms with Crippen LogP contribution in [-0.2, 0) is 18.9 Å². The molecule has 0 radical (unpaired) electrons. The highest BCUT2D eigenvalue weighted by Gasteiger charge is 2.50. The Bertz CT molecular complexity index is 876. The minimum absolute atomic E-state index is 0.340. The van der Waals surface area contributed by atoms with Crippen LogP contribution in [-0.4, -0.2) is 42.1 Å². The smallest absolute Gasteiger partial charge is 0.338 e. The largest absolute Gasteiger partial charge is 0.456 e. The topological polar surface area (TPSA) is 71.1 Å². The predicted octanol–water partition coefficient (Wildman–Crippen LogP) is 5.11. The number of hydrogen-bond acceptors (Lipinski definition) is 6. The number of hydrogen-bond donors (Lipinski definition) is 0. The molecule has 0 bridgehead atoms. The Kier molecular flexibility index (Phi) is 8.20. The molecule has 0 N–H and O–H groups in total. The molecule has 6 nitrogen and oxygen atoms in total. The monoisotopic (exact) mass is 450 g/mol. The van der Waals surface area contributed by atoms with Crippen molar-refractivity contribution >= 4 is 11.9 Å². The van der Waals surface area contributed by atoms with E-state index in [-0.39, 0.29) is 0 Å². The van der Waals surface area contributed by atoms with Crippen LogP contribution in [0.4, 0.5) is 0 Å². The zero-order valence-electron chi connectivity index (χ0n) is 19.0. The molecule has 1 aliphatic rings. The summed E-state index contributed by atoms with van der Waals surface area (Å²) in [6.45, 7) is 11.1. The maximum absolute atomic E-state index is 12.8. The predicted molar refractivity (Wildman–Crippen MR) is 125 cm³/mol. The van der Waals surface area contributed by atoms with Crippen LogP contribution in [0, 0.1) is 0 Å². The fraction of sp³-hybridized carbons (Fsp3) is 0.333. The van der Waals surface area contributed by atoms with E-state index < -0.39 is 42.1 Å². The SMILES string of the molecule is C=CC[C@@H](OC(=O)c1ccccc1)[C@H]1OC(C)(C)O[C@@H]1[C@@H](CC=C)OC(=O)c1ccccc1. The van der Waals surface area contributed by atoms with Crippen molar-refractivity contribution in [2.24, 2.45) is 0 Å². The number of carbonyl (C=O) groups is 2. The summed E-state index contributed by atoms with van der Waals surface area (Å²) in [7, 11) is 0. The standard InChI is InChI=1S/C27H30O6/c1-5-13-21(30-25(28)19-15-9-7-10-16-19)23-24(33-27(3,4)32-23)22(14-6-2)31-26(29)20-17-11-8-12-18-20/h5-12,15-18,21-24H,1-2,13-14H2,3-4H3/t21-,22-,23-,24-/m1/s1. The quantitative estimate of drug-likeness (QED) is 0.370. The van der Waals surface area contributed by atoms with E-state index in [1.807, 2.05) is 12.1 Å². The minimum Gasteiger partial charge on any atom is -0.456 e. The zero-order valence-corrected chi connectivity index (χ0v) is 19.0. The van der Waals surface area contributed by atoms with Gasteiger partial charge in [-0.25, -0.2) is 9.59 Å². The van der Waals surface area contributed by atoms with Gasteiger partial charge in [-0.1, -0.05) is 48.6 Å². The van der Waals surface area contributed by atoms with E-state index in [1.54, 1.807) is 74.5 Å². The molecule has 2 aromatic carbocycles. The molecule has 3 rings (SSSR count). The molecule has 174 valence electrons. The third kappa shape index (κ3) is 6.40. The molecule has 1 heterocycles. The van der Waals surface area contributed by atoms with Crippen molar-refractivity contribution in [1.82, 2.24) is 0 Å². The normalized spacial score (nSPS) is 20.9. The zero-order chi connectivity index (χ0) is 23.8. The lowest BCUT2D eigenvalue weighted by Gasteiger charge is -2.30. The van der Waals surface area contributed by atoms with Gasteiger partial charge in [0.15, 0.2) is 5.79 Å². The molecule has 2 aromatic rings. The van der Waals surface area contributed by atoms with E-state index in [0.29, 0.717) is 24.0 Å². The second kappa shape index (κ2) is 11.1. The second-order valence-corrected chi connectivity index (χ2v) is 8.23. The van der Waals surface area contributed by atoms with Crippen molar-refractivity contribution in [2.45, 2.75) is 56.9 Å². The van der Waals surface area contributed by atoms with Crippen LogP contribution in [0.15, 0.2) is 86.0 Å². The molecule has 4 atom stereocenters. The van der Waals surface area contributed by atoms with Crippen LogP contribution < -0.4 is 0 Å². The third-order valence-corrected chi connectivity index (χ3v) is 5.23. The van der Waals surface area contributed by atoms with Gasteiger partial charge >= 0.3 is 11.9 Å². The summed E-state index contributed by atoms with van der Waals surface area (Å²) < 4.78 is 24.0. The first-order valence-electron chi connectivity index (χ1n) is 10.9. The van der Waals surface area contributed by atoms with E-state index in [0.717, 1.165) is 0 Å².